The molecule has 2 aromatic carbocycles. The van der Waals surface area contributed by atoms with Gasteiger partial charge in [0.15, 0.2) is 0 Å². The van der Waals surface area contributed by atoms with Crippen molar-refractivity contribution in [2.75, 3.05) is 0 Å². The summed E-state index contributed by atoms with van der Waals surface area (Å²) in [6, 6.07) is 8.16. The van der Waals surface area contributed by atoms with Crippen molar-refractivity contribution in [3.05, 3.63) is 64.4 Å². The highest BCUT2D eigenvalue weighted by Crippen LogP contribution is 2.40. The number of hydrogen-bond donors (Lipinski definition) is 2. The van der Waals surface area contributed by atoms with Gasteiger partial charge in [0.1, 0.15) is 0 Å². The maximum Gasteiger partial charge on any atom is 0.0703 e. The van der Waals surface area contributed by atoms with E-state index < -0.39 is 0 Å². The Morgan fingerprint density at radius 1 is 0.630 bits per heavy atom. The lowest BCUT2D eigenvalue weighted by Gasteiger charge is -2.28. The molecule has 2 aromatic rings. The second kappa shape index (κ2) is 12.8. The van der Waals surface area contributed by atoms with Crippen LogP contribution in [0.4, 0.5) is 0 Å². The van der Waals surface area contributed by atoms with Gasteiger partial charge < -0.3 is 10.2 Å². The van der Waals surface area contributed by atoms with Crippen molar-refractivity contribution in [2.45, 2.75) is 62.2 Å². The quantitative estimate of drug-likeness (QED) is 0.353. The van der Waals surface area contributed by atoms with E-state index in [9.17, 15) is 10.2 Å². The normalized spacial score (nSPS) is 10.1. The minimum absolute atomic E-state index is 0. The van der Waals surface area contributed by atoms with Crippen molar-refractivity contribution in [1.29, 1.82) is 0 Å². The van der Waals surface area contributed by atoms with Crippen LogP contribution in [-0.2, 0) is 18.6 Å². The van der Waals surface area contributed by atoms with Crippen LogP contribution in [0.1, 0.15) is 65.8 Å². The van der Waals surface area contributed by atoms with Crippen LogP contribution in [0.25, 0.3) is 0 Å². The number of halogens is 4. The summed E-state index contributed by atoms with van der Waals surface area (Å²) < 4.78 is 3.51. The summed E-state index contributed by atoms with van der Waals surface area (Å²) >= 11 is 14.1. The molecule has 0 aliphatic rings. The van der Waals surface area contributed by atoms with Gasteiger partial charge in [-0.05, 0) is 35.4 Å². The molecule has 0 unspecified atom stereocenters. The van der Waals surface area contributed by atoms with Crippen molar-refractivity contribution in [3.63, 3.8) is 0 Å². The van der Waals surface area contributed by atoms with E-state index in [-0.39, 0.29) is 48.3 Å². The molecule has 0 aliphatic heterocycles. The Labute approximate surface area is 199 Å². The molecule has 0 radical (unpaired) electrons. The van der Waals surface area contributed by atoms with Crippen molar-refractivity contribution in [2.24, 2.45) is 0 Å². The van der Waals surface area contributed by atoms with Crippen LogP contribution in [0.15, 0.2) is 42.2 Å². The molecule has 2 nitrogen and oxygen atoms in total. The zero-order chi connectivity index (χ0) is 17.4. The minimum Gasteiger partial charge on any atom is -0.392 e. The molecule has 2 N–H and O–H groups in total. The molecular weight excluding hydrogens is 604 g/mol. The number of aliphatic hydroxyl groups is 2. The molecular formula is C21H32Br4O2. The van der Waals surface area contributed by atoms with Gasteiger partial charge in [-0.15, -0.1) is 0 Å². The zero-order valence-corrected chi connectivity index (χ0v) is 19.0. The molecule has 2 rings (SSSR count). The van der Waals surface area contributed by atoms with Crippen molar-refractivity contribution in [3.8, 4) is 0 Å². The first-order chi connectivity index (χ1) is 10.7. The molecule has 27 heavy (non-hydrogen) atoms. The molecule has 0 amide bonds. The van der Waals surface area contributed by atoms with E-state index in [2.05, 4.69) is 77.6 Å². The lowest BCUT2D eigenvalue weighted by Crippen LogP contribution is -2.19. The third-order valence-corrected chi connectivity index (χ3v) is 6.87. The number of aliphatic hydroxyl groups excluding tert-OH is 2. The zero-order valence-electron chi connectivity index (χ0n) is 12.6. The van der Waals surface area contributed by atoms with Gasteiger partial charge in [-0.2, -0.15) is 0 Å². The Morgan fingerprint density at radius 2 is 0.852 bits per heavy atom. The average molecular weight is 636 g/mol. The fraction of sp³-hybridized carbons (Fsp3) is 0.429. The van der Waals surface area contributed by atoms with Crippen LogP contribution in [0.2, 0.25) is 0 Å². The van der Waals surface area contributed by atoms with Crippen molar-refractivity contribution < 1.29 is 10.2 Å². The first kappa shape index (κ1) is 32.0. The Kier molecular flexibility index (Phi) is 15.1. The minimum atomic E-state index is -0.252. The molecule has 0 saturated heterocycles. The van der Waals surface area contributed by atoms with Gasteiger partial charge in [0.2, 0.25) is 0 Å². The molecule has 6 heteroatoms. The van der Waals surface area contributed by atoms with Gasteiger partial charge in [-0.1, -0.05) is 107 Å². The monoisotopic (exact) mass is 632 g/mol. The van der Waals surface area contributed by atoms with E-state index in [0.29, 0.717) is 0 Å². The lowest BCUT2D eigenvalue weighted by atomic mass is 9.78. The summed E-state index contributed by atoms with van der Waals surface area (Å²) in [7, 11) is 0. The molecule has 0 heterocycles. The molecule has 0 aliphatic carbocycles. The number of rotatable bonds is 4. The number of benzene rings is 2. The highest BCUT2D eigenvalue weighted by Gasteiger charge is 2.26. The van der Waals surface area contributed by atoms with Gasteiger partial charge in [0, 0.05) is 34.4 Å². The van der Waals surface area contributed by atoms with Gasteiger partial charge in [0.05, 0.1) is 13.2 Å². The van der Waals surface area contributed by atoms with Gasteiger partial charge in [0.25, 0.3) is 0 Å². The van der Waals surface area contributed by atoms with Crippen LogP contribution >= 0.6 is 63.7 Å². The van der Waals surface area contributed by atoms with Crippen LogP contribution in [0.3, 0.4) is 0 Å². The lowest BCUT2D eigenvalue weighted by molar-refractivity contribution is 0.280. The van der Waals surface area contributed by atoms with E-state index in [1.54, 1.807) is 0 Å². The Morgan fingerprint density at radius 3 is 1.04 bits per heavy atom. The Balaban J connectivity index is -0.00000144. The molecule has 0 fully saturated rings. The first-order valence-corrected chi connectivity index (χ1v) is 10.1. The maximum absolute atomic E-state index is 9.44. The summed E-state index contributed by atoms with van der Waals surface area (Å²) in [6.45, 7) is 4.24. The molecule has 0 atom stereocenters. The van der Waals surface area contributed by atoms with Gasteiger partial charge in [-0.25, -0.2) is 0 Å². The molecule has 0 saturated carbocycles. The predicted molar refractivity (Wildman–Crippen MR) is 135 cm³/mol. The fourth-order valence-electron chi connectivity index (χ4n) is 2.40. The summed E-state index contributed by atoms with van der Waals surface area (Å²) in [6.07, 6.45) is 0. The predicted octanol–water partition coefficient (Wildman–Crippen LogP) is 8.59. The summed E-state index contributed by atoms with van der Waals surface area (Å²) in [5.74, 6) is 0. The summed E-state index contributed by atoms with van der Waals surface area (Å²) in [5.41, 5.74) is 3.65. The van der Waals surface area contributed by atoms with Crippen LogP contribution in [0.5, 0.6) is 0 Å². The third-order valence-electron chi connectivity index (χ3n) is 4.04. The molecule has 0 bridgehead atoms. The smallest absolute Gasteiger partial charge is 0.0703 e. The van der Waals surface area contributed by atoms with Crippen molar-refractivity contribution in [1.82, 2.24) is 0 Å². The maximum atomic E-state index is 9.44. The topological polar surface area (TPSA) is 40.5 Å². The highest BCUT2D eigenvalue weighted by atomic mass is 79.9. The Bertz CT molecular complexity index is 635. The second-order valence-corrected chi connectivity index (χ2v) is 9.20. The van der Waals surface area contributed by atoms with Crippen LogP contribution in [-0.4, -0.2) is 10.2 Å². The van der Waals surface area contributed by atoms with E-state index in [1.165, 1.54) is 0 Å². The molecule has 0 aromatic heterocycles. The van der Waals surface area contributed by atoms with E-state index in [4.69, 9.17) is 0 Å². The summed E-state index contributed by atoms with van der Waals surface area (Å²) in [4.78, 5) is 0. The SMILES string of the molecule is C.C.C.C.CC(C)(c1cc(Br)c(CO)c(Br)c1)c1cc(Br)c(CO)c(Br)c1. The third kappa shape index (κ3) is 6.65. The largest absolute Gasteiger partial charge is 0.392 e. The van der Waals surface area contributed by atoms with Crippen LogP contribution in [0, 0.1) is 0 Å². The molecule has 0 spiro atoms. The van der Waals surface area contributed by atoms with Crippen LogP contribution < -0.4 is 0 Å². The van der Waals surface area contributed by atoms with E-state index >= 15 is 0 Å². The van der Waals surface area contributed by atoms with E-state index in [0.717, 1.165) is 40.1 Å². The number of hydrogen-bond acceptors (Lipinski definition) is 2. The summed E-state index contributed by atoms with van der Waals surface area (Å²) in [5, 5.41) is 18.9. The fourth-order valence-corrected chi connectivity index (χ4v) is 5.27. The van der Waals surface area contributed by atoms with Gasteiger partial charge >= 0.3 is 0 Å². The average Bonchev–Trinajstić information content (AvgIpc) is 2.46. The Hall–Kier alpha value is 0.280. The second-order valence-electron chi connectivity index (χ2n) is 5.78. The first-order valence-electron chi connectivity index (χ1n) is 6.90. The van der Waals surface area contributed by atoms with E-state index in [1.807, 2.05) is 24.3 Å². The molecule has 156 valence electrons. The van der Waals surface area contributed by atoms with Crippen molar-refractivity contribution >= 4 is 63.7 Å². The standard InChI is InChI=1S/C17H16Br4O2.4CH4/c1-17(2,9-3-13(18)11(7-22)14(19)4-9)10-5-15(20)12(8-23)16(21)6-10;;;;/h3-6,22-23H,7-8H2,1-2H3;4*1H4. The highest BCUT2D eigenvalue weighted by molar-refractivity contribution is 9.11. The van der Waals surface area contributed by atoms with Gasteiger partial charge in [-0.3, -0.25) is 0 Å².